The van der Waals surface area contributed by atoms with Crippen LogP contribution in [0.1, 0.15) is 29.9 Å². The highest BCUT2D eigenvalue weighted by Gasteiger charge is 2.26. The van der Waals surface area contributed by atoms with Crippen molar-refractivity contribution in [2.75, 3.05) is 24.7 Å². The zero-order valence-electron chi connectivity index (χ0n) is 14.8. The van der Waals surface area contributed by atoms with Gasteiger partial charge in [0.25, 0.3) is 0 Å². The number of nitrogens with one attached hydrogen (secondary N) is 1. The van der Waals surface area contributed by atoms with Gasteiger partial charge in [-0.1, -0.05) is 24.3 Å². The molecule has 2 amide bonds. The summed E-state index contributed by atoms with van der Waals surface area (Å²) in [6.07, 6.45) is 1.03. The molecule has 0 radical (unpaired) electrons. The Morgan fingerprint density at radius 1 is 1.19 bits per heavy atom. The van der Waals surface area contributed by atoms with E-state index in [1.807, 2.05) is 24.3 Å². The number of amides is 2. The first kappa shape index (κ1) is 17.8. The Morgan fingerprint density at radius 2 is 1.92 bits per heavy atom. The van der Waals surface area contributed by atoms with Gasteiger partial charge in [-0.3, -0.25) is 4.79 Å². The van der Waals surface area contributed by atoms with Gasteiger partial charge in [-0.05, 0) is 47.7 Å². The lowest BCUT2D eigenvalue weighted by Gasteiger charge is -2.21. The number of nitrogens with two attached hydrogens (primary N) is 1. The van der Waals surface area contributed by atoms with E-state index in [2.05, 4.69) is 5.32 Å². The third kappa shape index (κ3) is 4.14. The minimum absolute atomic E-state index is 0.0490. The van der Waals surface area contributed by atoms with Gasteiger partial charge in [0.05, 0.1) is 13.5 Å². The van der Waals surface area contributed by atoms with E-state index >= 15 is 0 Å². The number of esters is 1. The number of nitrogens with zero attached hydrogens (tertiary/aromatic N) is 1. The van der Waals surface area contributed by atoms with Crippen LogP contribution in [0.5, 0.6) is 0 Å². The number of anilines is 2. The summed E-state index contributed by atoms with van der Waals surface area (Å²) >= 11 is 0. The number of carbonyl (C=O) groups is 2. The van der Waals surface area contributed by atoms with Crippen molar-refractivity contribution in [3.8, 4) is 0 Å². The highest BCUT2D eigenvalue weighted by Crippen LogP contribution is 2.31. The number of urea groups is 1. The second-order valence-corrected chi connectivity index (χ2v) is 6.44. The molecule has 1 atom stereocenters. The van der Waals surface area contributed by atoms with Crippen LogP contribution >= 0.6 is 0 Å². The minimum Gasteiger partial charge on any atom is -0.469 e. The zero-order chi connectivity index (χ0) is 18.5. The summed E-state index contributed by atoms with van der Waals surface area (Å²) in [6.45, 7) is 1.08. The number of rotatable bonds is 3. The maximum absolute atomic E-state index is 12.7. The number of methoxy groups -OCH3 is 1. The van der Waals surface area contributed by atoms with E-state index in [1.165, 1.54) is 7.11 Å². The van der Waals surface area contributed by atoms with Crippen molar-refractivity contribution >= 4 is 23.4 Å². The van der Waals surface area contributed by atoms with Gasteiger partial charge < -0.3 is 20.7 Å². The first-order chi connectivity index (χ1) is 12.6. The summed E-state index contributed by atoms with van der Waals surface area (Å²) in [7, 11) is 1.40. The fourth-order valence-corrected chi connectivity index (χ4v) is 3.27. The lowest BCUT2D eigenvalue weighted by Crippen LogP contribution is -2.34. The number of nitrogen functional groups attached to an aromatic ring is 1. The molecule has 0 bridgehead atoms. The maximum atomic E-state index is 12.7. The van der Waals surface area contributed by atoms with E-state index in [4.69, 9.17) is 10.5 Å². The SMILES string of the molecule is COC(=O)CC1CCN(C(=O)Nc2ccc(N)cc2)Cc2ccccc21. The molecule has 0 spiro atoms. The molecule has 0 aromatic heterocycles. The number of hydrogen-bond donors (Lipinski definition) is 2. The first-order valence-corrected chi connectivity index (χ1v) is 8.63. The van der Waals surface area contributed by atoms with Crippen LogP contribution in [0.3, 0.4) is 0 Å². The molecule has 0 fully saturated rings. The van der Waals surface area contributed by atoms with Crippen LogP contribution < -0.4 is 11.1 Å². The number of benzene rings is 2. The number of ether oxygens (including phenoxy) is 1. The molecule has 0 saturated carbocycles. The van der Waals surface area contributed by atoms with Crippen LogP contribution in [0.2, 0.25) is 0 Å². The van der Waals surface area contributed by atoms with Crippen molar-refractivity contribution in [3.63, 3.8) is 0 Å². The Hall–Kier alpha value is -3.02. The van der Waals surface area contributed by atoms with E-state index < -0.39 is 0 Å². The van der Waals surface area contributed by atoms with Crippen molar-refractivity contribution in [2.45, 2.75) is 25.3 Å². The lowest BCUT2D eigenvalue weighted by atomic mass is 9.90. The third-order valence-electron chi connectivity index (χ3n) is 4.69. The predicted molar refractivity (Wildman–Crippen MR) is 101 cm³/mol. The second-order valence-electron chi connectivity index (χ2n) is 6.44. The van der Waals surface area contributed by atoms with Crippen LogP contribution in [0, 0.1) is 0 Å². The lowest BCUT2D eigenvalue weighted by molar-refractivity contribution is -0.141. The van der Waals surface area contributed by atoms with E-state index in [1.54, 1.807) is 29.2 Å². The molecule has 6 heteroatoms. The normalized spacial score (nSPS) is 16.3. The minimum atomic E-state index is -0.232. The quantitative estimate of drug-likeness (QED) is 0.655. The molecule has 136 valence electrons. The van der Waals surface area contributed by atoms with Gasteiger partial charge in [-0.15, -0.1) is 0 Å². The van der Waals surface area contributed by atoms with E-state index in [0.717, 1.165) is 11.1 Å². The second kappa shape index (κ2) is 7.91. The highest BCUT2D eigenvalue weighted by molar-refractivity contribution is 5.89. The Labute approximate surface area is 152 Å². The van der Waals surface area contributed by atoms with E-state index in [-0.39, 0.29) is 17.9 Å². The van der Waals surface area contributed by atoms with Crippen LogP contribution in [0.25, 0.3) is 0 Å². The van der Waals surface area contributed by atoms with Gasteiger partial charge in [0.15, 0.2) is 0 Å². The van der Waals surface area contributed by atoms with Gasteiger partial charge in [0, 0.05) is 24.5 Å². The topological polar surface area (TPSA) is 84.7 Å². The van der Waals surface area contributed by atoms with Crippen molar-refractivity contribution in [1.29, 1.82) is 0 Å². The molecule has 0 aliphatic carbocycles. The summed E-state index contributed by atoms with van der Waals surface area (Å²) in [5, 5.41) is 2.90. The molecule has 2 aromatic carbocycles. The van der Waals surface area contributed by atoms with Crippen LogP contribution in [0.15, 0.2) is 48.5 Å². The fraction of sp³-hybridized carbons (Fsp3) is 0.300. The smallest absolute Gasteiger partial charge is 0.322 e. The van der Waals surface area contributed by atoms with Gasteiger partial charge in [-0.2, -0.15) is 0 Å². The molecule has 1 aliphatic heterocycles. The summed E-state index contributed by atoms with van der Waals surface area (Å²) in [5.74, 6) is -0.183. The summed E-state index contributed by atoms with van der Waals surface area (Å²) in [5.41, 5.74) is 9.20. The zero-order valence-corrected chi connectivity index (χ0v) is 14.8. The van der Waals surface area contributed by atoms with Gasteiger partial charge >= 0.3 is 12.0 Å². The summed E-state index contributed by atoms with van der Waals surface area (Å²) in [4.78, 5) is 26.2. The number of fused-ring (bicyclic) bond motifs is 1. The fourth-order valence-electron chi connectivity index (χ4n) is 3.27. The number of hydrogen-bond acceptors (Lipinski definition) is 4. The molecule has 0 saturated heterocycles. The van der Waals surface area contributed by atoms with Gasteiger partial charge in [0.1, 0.15) is 0 Å². The summed E-state index contributed by atoms with van der Waals surface area (Å²) in [6, 6.07) is 14.8. The molecule has 1 aliphatic rings. The maximum Gasteiger partial charge on any atom is 0.322 e. The monoisotopic (exact) mass is 353 g/mol. The highest BCUT2D eigenvalue weighted by atomic mass is 16.5. The van der Waals surface area contributed by atoms with E-state index in [9.17, 15) is 9.59 Å². The molecule has 6 nitrogen and oxygen atoms in total. The Morgan fingerprint density at radius 3 is 2.65 bits per heavy atom. The molecule has 3 N–H and O–H groups in total. The molecule has 1 heterocycles. The standard InChI is InChI=1S/C20H23N3O3/c1-26-19(24)12-14-10-11-23(13-15-4-2-3-5-18(14)15)20(25)22-17-8-6-16(21)7-9-17/h2-9,14H,10-13,21H2,1H3,(H,22,25). The molecular formula is C20H23N3O3. The Bertz CT molecular complexity index is 789. The average Bonchev–Trinajstić information content (AvgIpc) is 2.83. The molecule has 3 rings (SSSR count). The van der Waals surface area contributed by atoms with Gasteiger partial charge in [-0.25, -0.2) is 4.79 Å². The molecular weight excluding hydrogens is 330 g/mol. The largest absolute Gasteiger partial charge is 0.469 e. The van der Waals surface area contributed by atoms with Crippen molar-refractivity contribution in [2.24, 2.45) is 0 Å². The molecule has 26 heavy (non-hydrogen) atoms. The first-order valence-electron chi connectivity index (χ1n) is 8.63. The van der Waals surface area contributed by atoms with Crippen molar-refractivity contribution in [1.82, 2.24) is 4.90 Å². The van der Waals surface area contributed by atoms with Crippen LogP contribution in [-0.4, -0.2) is 30.6 Å². The van der Waals surface area contributed by atoms with Crippen molar-refractivity contribution in [3.05, 3.63) is 59.7 Å². The average molecular weight is 353 g/mol. The van der Waals surface area contributed by atoms with E-state index in [0.29, 0.717) is 37.3 Å². The molecule has 1 unspecified atom stereocenters. The predicted octanol–water partition coefficient (Wildman–Crippen LogP) is 3.35. The third-order valence-corrected chi connectivity index (χ3v) is 4.69. The van der Waals surface area contributed by atoms with Crippen molar-refractivity contribution < 1.29 is 14.3 Å². The van der Waals surface area contributed by atoms with Crippen LogP contribution in [-0.2, 0) is 16.1 Å². The van der Waals surface area contributed by atoms with Crippen LogP contribution in [0.4, 0.5) is 16.2 Å². The molecule has 2 aromatic rings. The number of carbonyl (C=O) groups excluding carboxylic acids is 2. The Balaban J connectivity index is 1.76. The Kier molecular flexibility index (Phi) is 5.41. The van der Waals surface area contributed by atoms with Gasteiger partial charge in [0.2, 0.25) is 0 Å². The summed E-state index contributed by atoms with van der Waals surface area (Å²) < 4.78 is 4.83.